The average molecular weight is 219 g/mol. The molecule has 1 unspecified atom stereocenters. The first kappa shape index (κ1) is 12.8. The second-order valence-corrected chi connectivity index (χ2v) is 4.59. The minimum Gasteiger partial charge on any atom is -0.359 e. The Kier molecular flexibility index (Phi) is 4.11. The lowest BCUT2D eigenvalue weighted by Gasteiger charge is -2.17. The SMILES string of the molecule is CNC(=O)CC(C)c1c(C)cc(C)cc1C. The maximum absolute atomic E-state index is 11.4. The molecule has 0 saturated heterocycles. The highest BCUT2D eigenvalue weighted by Crippen LogP contribution is 2.27. The summed E-state index contributed by atoms with van der Waals surface area (Å²) >= 11 is 0. The van der Waals surface area contributed by atoms with Gasteiger partial charge in [-0.05, 0) is 43.4 Å². The van der Waals surface area contributed by atoms with Crippen LogP contribution in [0.25, 0.3) is 0 Å². The van der Waals surface area contributed by atoms with Crippen LogP contribution in [-0.4, -0.2) is 13.0 Å². The molecular weight excluding hydrogens is 198 g/mol. The van der Waals surface area contributed by atoms with Crippen LogP contribution in [0.1, 0.15) is 41.5 Å². The van der Waals surface area contributed by atoms with Crippen LogP contribution >= 0.6 is 0 Å². The number of hydrogen-bond donors (Lipinski definition) is 1. The van der Waals surface area contributed by atoms with Crippen molar-refractivity contribution in [2.75, 3.05) is 7.05 Å². The maximum Gasteiger partial charge on any atom is 0.220 e. The first-order valence-electron chi connectivity index (χ1n) is 5.74. The Hall–Kier alpha value is -1.31. The summed E-state index contributed by atoms with van der Waals surface area (Å²) in [6.45, 7) is 8.46. The van der Waals surface area contributed by atoms with Gasteiger partial charge in [0.25, 0.3) is 0 Å². The summed E-state index contributed by atoms with van der Waals surface area (Å²) in [5, 5.41) is 2.68. The Morgan fingerprint density at radius 3 is 2.19 bits per heavy atom. The summed E-state index contributed by atoms with van der Waals surface area (Å²) in [6.07, 6.45) is 0.557. The molecule has 0 radical (unpaired) electrons. The lowest BCUT2D eigenvalue weighted by atomic mass is 9.88. The van der Waals surface area contributed by atoms with Gasteiger partial charge in [0.15, 0.2) is 0 Å². The Balaban J connectivity index is 2.99. The molecule has 0 aliphatic rings. The van der Waals surface area contributed by atoms with E-state index in [1.165, 1.54) is 22.3 Å². The third kappa shape index (κ3) is 2.84. The number of aryl methyl sites for hydroxylation is 3. The van der Waals surface area contributed by atoms with Crippen LogP contribution < -0.4 is 5.32 Å². The fourth-order valence-corrected chi connectivity index (χ4v) is 2.45. The van der Waals surface area contributed by atoms with E-state index in [2.05, 4.69) is 45.1 Å². The minimum absolute atomic E-state index is 0.104. The normalized spacial score (nSPS) is 12.3. The molecule has 1 atom stereocenters. The van der Waals surface area contributed by atoms with Crippen LogP contribution in [-0.2, 0) is 4.79 Å². The predicted molar refractivity (Wildman–Crippen MR) is 67.8 cm³/mol. The molecule has 1 rings (SSSR count). The smallest absolute Gasteiger partial charge is 0.220 e. The van der Waals surface area contributed by atoms with Gasteiger partial charge in [-0.25, -0.2) is 0 Å². The second kappa shape index (κ2) is 5.15. The van der Waals surface area contributed by atoms with Crippen LogP contribution in [0.3, 0.4) is 0 Å². The van der Waals surface area contributed by atoms with Crippen molar-refractivity contribution in [1.82, 2.24) is 5.32 Å². The topological polar surface area (TPSA) is 29.1 Å². The second-order valence-electron chi connectivity index (χ2n) is 4.59. The lowest BCUT2D eigenvalue weighted by Crippen LogP contribution is -2.20. The molecule has 0 aliphatic heterocycles. The molecule has 0 saturated carbocycles. The zero-order valence-corrected chi connectivity index (χ0v) is 10.8. The van der Waals surface area contributed by atoms with Crippen molar-refractivity contribution >= 4 is 5.91 Å². The van der Waals surface area contributed by atoms with E-state index in [9.17, 15) is 4.79 Å². The van der Waals surface area contributed by atoms with Crippen molar-refractivity contribution in [1.29, 1.82) is 0 Å². The van der Waals surface area contributed by atoms with Gasteiger partial charge in [-0.1, -0.05) is 24.6 Å². The van der Waals surface area contributed by atoms with E-state index < -0.39 is 0 Å². The molecule has 0 heterocycles. The van der Waals surface area contributed by atoms with Gasteiger partial charge >= 0.3 is 0 Å². The summed E-state index contributed by atoms with van der Waals surface area (Å²) < 4.78 is 0. The number of carbonyl (C=O) groups is 1. The van der Waals surface area contributed by atoms with Gasteiger partial charge in [0.1, 0.15) is 0 Å². The number of amides is 1. The summed E-state index contributed by atoms with van der Waals surface area (Å²) in [7, 11) is 1.68. The zero-order valence-electron chi connectivity index (χ0n) is 10.8. The molecule has 0 fully saturated rings. The number of hydrogen-bond acceptors (Lipinski definition) is 1. The van der Waals surface area contributed by atoms with E-state index in [-0.39, 0.29) is 11.8 Å². The van der Waals surface area contributed by atoms with Gasteiger partial charge in [0.05, 0.1) is 0 Å². The van der Waals surface area contributed by atoms with Crippen molar-refractivity contribution in [3.63, 3.8) is 0 Å². The molecular formula is C14H21NO. The molecule has 1 aromatic carbocycles. The van der Waals surface area contributed by atoms with Gasteiger partial charge in [0.2, 0.25) is 5.91 Å². The number of rotatable bonds is 3. The quantitative estimate of drug-likeness (QED) is 0.832. The molecule has 0 aromatic heterocycles. The van der Waals surface area contributed by atoms with E-state index in [4.69, 9.17) is 0 Å². The van der Waals surface area contributed by atoms with Gasteiger partial charge < -0.3 is 5.32 Å². The minimum atomic E-state index is 0.104. The van der Waals surface area contributed by atoms with Crippen LogP contribution in [0.2, 0.25) is 0 Å². The summed E-state index contributed by atoms with van der Waals surface area (Å²) in [6, 6.07) is 4.37. The van der Waals surface area contributed by atoms with Crippen LogP contribution in [0.15, 0.2) is 12.1 Å². The van der Waals surface area contributed by atoms with E-state index in [1.54, 1.807) is 7.05 Å². The number of nitrogens with one attached hydrogen (secondary N) is 1. The van der Waals surface area contributed by atoms with Crippen molar-refractivity contribution in [2.45, 2.75) is 40.0 Å². The highest BCUT2D eigenvalue weighted by atomic mass is 16.1. The summed E-state index contributed by atoms with van der Waals surface area (Å²) in [5.74, 6) is 0.382. The van der Waals surface area contributed by atoms with E-state index in [0.717, 1.165) is 0 Å². The van der Waals surface area contributed by atoms with Crippen molar-refractivity contribution in [3.05, 3.63) is 34.4 Å². The average Bonchev–Trinajstić information content (AvgIpc) is 2.15. The first-order valence-corrected chi connectivity index (χ1v) is 5.74. The Morgan fingerprint density at radius 1 is 1.25 bits per heavy atom. The van der Waals surface area contributed by atoms with Crippen molar-refractivity contribution in [2.24, 2.45) is 0 Å². The van der Waals surface area contributed by atoms with Crippen LogP contribution in [0, 0.1) is 20.8 Å². The predicted octanol–water partition coefficient (Wildman–Crippen LogP) is 2.85. The Morgan fingerprint density at radius 2 is 1.75 bits per heavy atom. The molecule has 1 N–H and O–H groups in total. The van der Waals surface area contributed by atoms with Gasteiger partial charge in [0, 0.05) is 13.5 Å². The van der Waals surface area contributed by atoms with Gasteiger partial charge in [-0.2, -0.15) is 0 Å². The summed E-state index contributed by atoms with van der Waals surface area (Å²) in [5.41, 5.74) is 5.17. The third-order valence-corrected chi connectivity index (χ3v) is 3.00. The van der Waals surface area contributed by atoms with E-state index >= 15 is 0 Å². The fraction of sp³-hybridized carbons (Fsp3) is 0.500. The maximum atomic E-state index is 11.4. The van der Waals surface area contributed by atoms with Gasteiger partial charge in [-0.3, -0.25) is 4.79 Å². The Bertz CT molecular complexity index is 373. The molecule has 2 nitrogen and oxygen atoms in total. The molecule has 0 spiro atoms. The molecule has 88 valence electrons. The third-order valence-electron chi connectivity index (χ3n) is 3.00. The number of carbonyl (C=O) groups excluding carboxylic acids is 1. The van der Waals surface area contributed by atoms with Gasteiger partial charge in [-0.15, -0.1) is 0 Å². The highest BCUT2D eigenvalue weighted by molar-refractivity contribution is 5.76. The zero-order chi connectivity index (χ0) is 12.3. The molecule has 16 heavy (non-hydrogen) atoms. The monoisotopic (exact) mass is 219 g/mol. The molecule has 0 aliphatic carbocycles. The standard InChI is InChI=1S/C14H21NO/c1-9-6-10(2)14(11(3)7-9)12(4)8-13(16)15-5/h6-7,12H,8H2,1-5H3,(H,15,16). The van der Waals surface area contributed by atoms with Crippen molar-refractivity contribution < 1.29 is 4.79 Å². The molecule has 1 aromatic rings. The van der Waals surface area contributed by atoms with E-state index in [1.807, 2.05) is 0 Å². The summed E-state index contributed by atoms with van der Waals surface area (Å²) in [4.78, 5) is 11.4. The number of benzene rings is 1. The first-order chi connectivity index (χ1) is 7.45. The largest absolute Gasteiger partial charge is 0.359 e. The van der Waals surface area contributed by atoms with Crippen LogP contribution in [0.4, 0.5) is 0 Å². The fourth-order valence-electron chi connectivity index (χ4n) is 2.45. The van der Waals surface area contributed by atoms with Crippen molar-refractivity contribution in [3.8, 4) is 0 Å². The highest BCUT2D eigenvalue weighted by Gasteiger charge is 2.14. The molecule has 0 bridgehead atoms. The molecule has 2 heteroatoms. The Labute approximate surface area is 98.1 Å². The van der Waals surface area contributed by atoms with Crippen LogP contribution in [0.5, 0.6) is 0 Å². The molecule has 1 amide bonds. The van der Waals surface area contributed by atoms with E-state index in [0.29, 0.717) is 6.42 Å². The lowest BCUT2D eigenvalue weighted by molar-refractivity contribution is -0.120.